The maximum absolute atomic E-state index is 13.1. The van der Waals surface area contributed by atoms with Gasteiger partial charge >= 0.3 is 0 Å². The Balaban J connectivity index is 2.26. The molecule has 0 spiro atoms. The minimum atomic E-state index is -3.83. The highest BCUT2D eigenvalue weighted by atomic mass is 32.2. The van der Waals surface area contributed by atoms with Gasteiger partial charge in [-0.3, -0.25) is 9.59 Å². The predicted octanol–water partition coefficient (Wildman–Crippen LogP) is 2.09. The second kappa shape index (κ2) is 9.86. The lowest BCUT2D eigenvalue weighted by atomic mass is 10.1. The molecule has 7 nitrogen and oxygen atoms in total. The maximum atomic E-state index is 13.1. The van der Waals surface area contributed by atoms with Crippen molar-refractivity contribution in [3.8, 4) is 0 Å². The highest BCUT2D eigenvalue weighted by Gasteiger charge is 2.29. The summed E-state index contributed by atoms with van der Waals surface area (Å²) >= 11 is 0. The van der Waals surface area contributed by atoms with E-state index >= 15 is 0 Å². The normalized spacial score (nSPS) is 12.5. The van der Waals surface area contributed by atoms with Gasteiger partial charge in [0.15, 0.2) is 0 Å². The number of carbonyl (C=O) groups is 2. The van der Waals surface area contributed by atoms with E-state index in [-0.39, 0.29) is 23.9 Å². The highest BCUT2D eigenvalue weighted by Crippen LogP contribution is 2.17. The molecule has 2 amide bonds. The zero-order valence-electron chi connectivity index (χ0n) is 18.0. The van der Waals surface area contributed by atoms with E-state index in [2.05, 4.69) is 5.32 Å². The van der Waals surface area contributed by atoms with Crippen molar-refractivity contribution in [3.63, 3.8) is 0 Å². The molecule has 0 heterocycles. The van der Waals surface area contributed by atoms with Gasteiger partial charge in [0, 0.05) is 20.6 Å². The van der Waals surface area contributed by atoms with Gasteiger partial charge in [-0.2, -0.15) is 4.31 Å². The molecule has 0 aliphatic heterocycles. The number of sulfonamides is 1. The third kappa shape index (κ3) is 5.67. The first-order chi connectivity index (χ1) is 14.1. The molecule has 0 unspecified atom stereocenters. The molecule has 2 aromatic carbocycles. The number of benzene rings is 2. The van der Waals surface area contributed by atoms with E-state index in [1.807, 2.05) is 38.1 Å². The van der Waals surface area contributed by atoms with Crippen LogP contribution in [0.25, 0.3) is 0 Å². The molecule has 2 aromatic rings. The Morgan fingerprint density at radius 3 is 2.23 bits per heavy atom. The van der Waals surface area contributed by atoms with E-state index < -0.39 is 22.0 Å². The molecule has 1 atom stereocenters. The topological polar surface area (TPSA) is 86.8 Å². The van der Waals surface area contributed by atoms with Crippen LogP contribution in [0.15, 0.2) is 53.4 Å². The summed E-state index contributed by atoms with van der Waals surface area (Å²) in [6.45, 7) is 5.27. The number of carbonyl (C=O) groups excluding carboxylic acids is 2. The maximum Gasteiger partial charge on any atom is 0.243 e. The van der Waals surface area contributed by atoms with Gasteiger partial charge in [0.25, 0.3) is 0 Å². The molecular weight excluding hydrogens is 402 g/mol. The quantitative estimate of drug-likeness (QED) is 0.693. The van der Waals surface area contributed by atoms with Crippen molar-refractivity contribution in [2.75, 3.05) is 20.6 Å². The van der Waals surface area contributed by atoms with Gasteiger partial charge in [-0.05, 0) is 38.5 Å². The lowest BCUT2D eigenvalue weighted by molar-refractivity contribution is -0.140. The average Bonchev–Trinajstić information content (AvgIpc) is 2.71. The fraction of sp³-hybridized carbons (Fsp3) is 0.364. The number of nitrogens with zero attached hydrogens (tertiary/aromatic N) is 2. The first-order valence-corrected chi connectivity index (χ1v) is 11.1. The molecule has 2 rings (SSSR count). The minimum Gasteiger partial charge on any atom is -0.357 e. The molecule has 30 heavy (non-hydrogen) atoms. The Kier molecular flexibility index (Phi) is 7.75. The SMILES string of the molecule is CNC(=O)[C@@H](C)N(Cc1cccc(C)c1)C(=O)CN(C)S(=O)(=O)c1ccc(C)cc1. The van der Waals surface area contributed by atoms with E-state index in [9.17, 15) is 18.0 Å². The predicted molar refractivity (Wildman–Crippen MR) is 116 cm³/mol. The van der Waals surface area contributed by atoms with Gasteiger partial charge in [0.05, 0.1) is 11.4 Å². The molecule has 0 fully saturated rings. The van der Waals surface area contributed by atoms with Crippen LogP contribution in [0.1, 0.15) is 23.6 Å². The van der Waals surface area contributed by atoms with Gasteiger partial charge < -0.3 is 10.2 Å². The van der Waals surface area contributed by atoms with Crippen LogP contribution in [0.2, 0.25) is 0 Å². The zero-order valence-corrected chi connectivity index (χ0v) is 18.9. The fourth-order valence-electron chi connectivity index (χ4n) is 3.06. The minimum absolute atomic E-state index is 0.119. The molecule has 0 aliphatic carbocycles. The summed E-state index contributed by atoms with van der Waals surface area (Å²) in [4.78, 5) is 26.8. The van der Waals surface area contributed by atoms with Crippen LogP contribution in [-0.2, 0) is 26.2 Å². The molecular formula is C22H29N3O4S. The second-order valence-electron chi connectivity index (χ2n) is 7.38. The van der Waals surface area contributed by atoms with Gasteiger partial charge in [-0.25, -0.2) is 8.42 Å². The van der Waals surface area contributed by atoms with Gasteiger partial charge in [-0.1, -0.05) is 47.5 Å². The number of amides is 2. The van der Waals surface area contributed by atoms with Crippen molar-refractivity contribution in [2.24, 2.45) is 0 Å². The van der Waals surface area contributed by atoms with Crippen LogP contribution in [-0.4, -0.2) is 56.1 Å². The standard InChI is InChI=1S/C22H29N3O4S/c1-16-9-11-20(12-10-16)30(28,29)24(5)15-21(26)25(18(3)22(27)23-4)14-19-8-6-7-17(2)13-19/h6-13,18H,14-15H2,1-5H3,(H,23,27)/t18-/m1/s1. The zero-order chi connectivity index (χ0) is 22.5. The van der Waals surface area contributed by atoms with E-state index in [1.165, 1.54) is 31.1 Å². The van der Waals surface area contributed by atoms with E-state index in [0.29, 0.717) is 0 Å². The summed E-state index contributed by atoms with van der Waals surface area (Å²) < 4.78 is 26.7. The average molecular weight is 432 g/mol. The lowest BCUT2D eigenvalue weighted by Gasteiger charge is -2.30. The van der Waals surface area contributed by atoms with Crippen molar-refractivity contribution in [1.29, 1.82) is 0 Å². The molecule has 0 aromatic heterocycles. The second-order valence-corrected chi connectivity index (χ2v) is 9.42. The van der Waals surface area contributed by atoms with Gasteiger partial charge in [0.1, 0.15) is 6.04 Å². The summed E-state index contributed by atoms with van der Waals surface area (Å²) in [5, 5.41) is 2.55. The fourth-order valence-corrected chi connectivity index (χ4v) is 4.18. The largest absolute Gasteiger partial charge is 0.357 e. The third-order valence-corrected chi connectivity index (χ3v) is 6.75. The molecule has 0 bridgehead atoms. The molecule has 162 valence electrons. The Bertz CT molecular complexity index is 1000. The Hall–Kier alpha value is -2.71. The van der Waals surface area contributed by atoms with Crippen molar-refractivity contribution in [1.82, 2.24) is 14.5 Å². The Morgan fingerprint density at radius 2 is 1.67 bits per heavy atom. The molecule has 1 N–H and O–H groups in total. The van der Waals surface area contributed by atoms with Crippen LogP contribution in [0, 0.1) is 13.8 Å². The van der Waals surface area contributed by atoms with Crippen molar-refractivity contribution in [3.05, 3.63) is 65.2 Å². The molecule has 0 aliphatic rings. The van der Waals surface area contributed by atoms with Crippen molar-refractivity contribution < 1.29 is 18.0 Å². The van der Waals surface area contributed by atoms with Crippen LogP contribution in [0.5, 0.6) is 0 Å². The smallest absolute Gasteiger partial charge is 0.243 e. The summed E-state index contributed by atoms with van der Waals surface area (Å²) in [5.74, 6) is -0.772. The molecule has 0 saturated heterocycles. The summed E-state index contributed by atoms with van der Waals surface area (Å²) in [6.07, 6.45) is 0. The number of likely N-dealkylation sites (N-methyl/N-ethyl adjacent to an activating group) is 2. The van der Waals surface area contributed by atoms with E-state index in [0.717, 1.165) is 21.0 Å². The van der Waals surface area contributed by atoms with Gasteiger partial charge in [0.2, 0.25) is 21.8 Å². The first kappa shape index (κ1) is 23.6. The van der Waals surface area contributed by atoms with E-state index in [1.54, 1.807) is 19.1 Å². The van der Waals surface area contributed by atoms with Crippen LogP contribution < -0.4 is 5.32 Å². The number of hydrogen-bond acceptors (Lipinski definition) is 4. The summed E-state index contributed by atoms with van der Waals surface area (Å²) in [6, 6.07) is 13.3. The monoisotopic (exact) mass is 431 g/mol. The number of aryl methyl sites for hydroxylation is 2. The summed E-state index contributed by atoms with van der Waals surface area (Å²) in [7, 11) is -0.964. The Morgan fingerprint density at radius 1 is 1.03 bits per heavy atom. The van der Waals surface area contributed by atoms with Crippen molar-refractivity contribution in [2.45, 2.75) is 38.3 Å². The Labute approximate surface area is 178 Å². The van der Waals surface area contributed by atoms with Gasteiger partial charge in [-0.15, -0.1) is 0 Å². The molecule has 8 heteroatoms. The number of nitrogens with one attached hydrogen (secondary N) is 1. The third-order valence-electron chi connectivity index (χ3n) is 4.94. The first-order valence-electron chi connectivity index (χ1n) is 9.66. The number of hydrogen-bond donors (Lipinski definition) is 1. The molecule has 0 saturated carbocycles. The molecule has 0 radical (unpaired) electrons. The summed E-state index contributed by atoms with van der Waals surface area (Å²) in [5.41, 5.74) is 2.84. The van der Waals surface area contributed by atoms with Crippen molar-refractivity contribution >= 4 is 21.8 Å². The van der Waals surface area contributed by atoms with Crippen LogP contribution in [0.4, 0.5) is 0 Å². The van der Waals surface area contributed by atoms with E-state index in [4.69, 9.17) is 0 Å². The number of rotatable bonds is 8. The lowest BCUT2D eigenvalue weighted by Crippen LogP contribution is -2.50. The van der Waals surface area contributed by atoms with Crippen LogP contribution in [0.3, 0.4) is 0 Å². The highest BCUT2D eigenvalue weighted by molar-refractivity contribution is 7.89. The van der Waals surface area contributed by atoms with Crippen LogP contribution >= 0.6 is 0 Å².